The number of rotatable bonds is 7. The molecule has 0 radical (unpaired) electrons. The largest absolute Gasteiger partial charge is 0.493 e. The van der Waals surface area contributed by atoms with Gasteiger partial charge in [-0.25, -0.2) is 0 Å². The molecular formula is C22H21N3O5. The average molecular weight is 407 g/mol. The first kappa shape index (κ1) is 19.5. The molecule has 0 saturated carbocycles. The first-order chi connectivity index (χ1) is 14.5. The normalized spacial score (nSPS) is 11.0. The Kier molecular flexibility index (Phi) is 5.14. The Morgan fingerprint density at radius 1 is 1.17 bits per heavy atom. The number of methoxy groups -OCH3 is 2. The third-order valence-corrected chi connectivity index (χ3v) is 4.99. The van der Waals surface area contributed by atoms with Crippen molar-refractivity contribution < 1.29 is 23.9 Å². The van der Waals surface area contributed by atoms with E-state index in [1.54, 1.807) is 26.4 Å². The monoisotopic (exact) mass is 407 g/mol. The molecule has 0 spiro atoms. The minimum Gasteiger partial charge on any atom is -0.493 e. The minimum absolute atomic E-state index is 0.0784. The quantitative estimate of drug-likeness (QED) is 0.495. The van der Waals surface area contributed by atoms with E-state index in [9.17, 15) is 4.79 Å². The van der Waals surface area contributed by atoms with Gasteiger partial charge in [-0.05, 0) is 36.2 Å². The van der Waals surface area contributed by atoms with Crippen molar-refractivity contribution in [3.05, 3.63) is 48.2 Å². The maximum atomic E-state index is 11.0. The van der Waals surface area contributed by atoms with Crippen LogP contribution in [-0.4, -0.2) is 40.0 Å². The number of carboxylic acids is 1. The number of aromatic nitrogens is 3. The molecule has 0 bridgehead atoms. The Morgan fingerprint density at radius 2 is 1.97 bits per heavy atom. The summed E-state index contributed by atoms with van der Waals surface area (Å²) in [5.41, 5.74) is 3.43. The van der Waals surface area contributed by atoms with Crippen molar-refractivity contribution in [1.29, 1.82) is 0 Å². The van der Waals surface area contributed by atoms with Crippen molar-refractivity contribution in [2.24, 2.45) is 7.05 Å². The molecule has 0 aliphatic carbocycles. The Hall–Kier alpha value is -3.81. The number of nitrogens with zero attached hydrogens (tertiary/aromatic N) is 3. The molecule has 1 N–H and O–H groups in total. The van der Waals surface area contributed by atoms with Crippen LogP contribution in [0.25, 0.3) is 33.7 Å². The number of aryl methyl sites for hydroxylation is 2. The van der Waals surface area contributed by atoms with Gasteiger partial charge in [-0.15, -0.1) is 0 Å². The lowest BCUT2D eigenvalue weighted by molar-refractivity contribution is -0.136. The summed E-state index contributed by atoms with van der Waals surface area (Å²) in [6.45, 7) is 0. The van der Waals surface area contributed by atoms with Crippen LogP contribution in [0.2, 0.25) is 0 Å². The molecule has 2 heterocycles. The standard InChI is InChI=1S/C22H21N3O5/c1-25-12-14(8-10-19(26)27)15-5-4-6-16(20(15)25)21-23-22(30-24-21)13-7-9-17(28-2)18(11-13)29-3/h4-7,9,11-12H,8,10H2,1-3H3,(H,26,27). The summed E-state index contributed by atoms with van der Waals surface area (Å²) in [7, 11) is 5.07. The zero-order valence-corrected chi connectivity index (χ0v) is 16.9. The lowest BCUT2D eigenvalue weighted by atomic mass is 10.1. The molecule has 0 unspecified atom stereocenters. The Labute approximate surface area is 172 Å². The molecule has 0 aliphatic rings. The van der Waals surface area contributed by atoms with Gasteiger partial charge in [0.25, 0.3) is 5.89 Å². The molecule has 0 amide bonds. The summed E-state index contributed by atoms with van der Waals surface area (Å²) in [4.78, 5) is 15.5. The van der Waals surface area contributed by atoms with Gasteiger partial charge in [0.2, 0.25) is 5.82 Å². The van der Waals surface area contributed by atoms with E-state index in [1.807, 2.05) is 42.1 Å². The highest BCUT2D eigenvalue weighted by molar-refractivity contribution is 5.95. The first-order valence-electron chi connectivity index (χ1n) is 9.37. The highest BCUT2D eigenvalue weighted by Gasteiger charge is 2.18. The maximum Gasteiger partial charge on any atom is 0.303 e. The molecule has 8 heteroatoms. The van der Waals surface area contributed by atoms with Crippen LogP contribution in [-0.2, 0) is 18.3 Å². The van der Waals surface area contributed by atoms with Crippen LogP contribution in [0.4, 0.5) is 0 Å². The second-order valence-electron chi connectivity index (χ2n) is 6.85. The molecule has 2 aromatic carbocycles. The van der Waals surface area contributed by atoms with Crippen molar-refractivity contribution in [2.45, 2.75) is 12.8 Å². The number of benzene rings is 2. The van der Waals surface area contributed by atoms with E-state index in [-0.39, 0.29) is 6.42 Å². The second kappa shape index (κ2) is 7.90. The van der Waals surface area contributed by atoms with Crippen molar-refractivity contribution in [2.75, 3.05) is 14.2 Å². The predicted molar refractivity (Wildman–Crippen MR) is 111 cm³/mol. The predicted octanol–water partition coefficient (Wildman–Crippen LogP) is 3.93. The lowest BCUT2D eigenvalue weighted by Gasteiger charge is -2.07. The highest BCUT2D eigenvalue weighted by atomic mass is 16.5. The molecule has 0 aliphatic heterocycles. The van der Waals surface area contributed by atoms with Gasteiger partial charge in [0.05, 0.1) is 19.7 Å². The number of fused-ring (bicyclic) bond motifs is 1. The van der Waals surface area contributed by atoms with Crippen molar-refractivity contribution >= 4 is 16.9 Å². The van der Waals surface area contributed by atoms with Crippen LogP contribution in [0.3, 0.4) is 0 Å². The van der Waals surface area contributed by atoms with E-state index < -0.39 is 5.97 Å². The van der Waals surface area contributed by atoms with Gasteiger partial charge in [-0.2, -0.15) is 4.98 Å². The summed E-state index contributed by atoms with van der Waals surface area (Å²) in [5, 5.41) is 14.2. The number of carbonyl (C=O) groups is 1. The van der Waals surface area contributed by atoms with Crippen LogP contribution < -0.4 is 9.47 Å². The van der Waals surface area contributed by atoms with E-state index >= 15 is 0 Å². The van der Waals surface area contributed by atoms with Gasteiger partial charge < -0.3 is 23.7 Å². The van der Waals surface area contributed by atoms with Crippen LogP contribution in [0.1, 0.15) is 12.0 Å². The van der Waals surface area contributed by atoms with Crippen LogP contribution in [0.15, 0.2) is 47.1 Å². The average Bonchev–Trinajstić information content (AvgIpc) is 3.37. The zero-order valence-electron chi connectivity index (χ0n) is 16.9. The summed E-state index contributed by atoms with van der Waals surface area (Å²) in [5.74, 6) is 1.19. The Bertz CT molecular complexity index is 1220. The van der Waals surface area contributed by atoms with E-state index in [0.717, 1.165) is 22.0 Å². The van der Waals surface area contributed by atoms with Gasteiger partial charge in [0.1, 0.15) is 0 Å². The molecule has 0 saturated heterocycles. The number of aliphatic carboxylic acids is 1. The van der Waals surface area contributed by atoms with Crippen LogP contribution in [0.5, 0.6) is 11.5 Å². The zero-order chi connectivity index (χ0) is 21.3. The first-order valence-corrected chi connectivity index (χ1v) is 9.37. The van der Waals surface area contributed by atoms with E-state index in [2.05, 4.69) is 10.1 Å². The molecule has 4 aromatic rings. The molecule has 4 rings (SSSR count). The van der Waals surface area contributed by atoms with Gasteiger partial charge in [0, 0.05) is 36.2 Å². The van der Waals surface area contributed by atoms with Gasteiger partial charge >= 0.3 is 5.97 Å². The van der Waals surface area contributed by atoms with Gasteiger partial charge in [0.15, 0.2) is 11.5 Å². The highest BCUT2D eigenvalue weighted by Crippen LogP contribution is 2.34. The second-order valence-corrected chi connectivity index (χ2v) is 6.85. The van der Waals surface area contributed by atoms with E-state index in [1.165, 1.54) is 0 Å². The number of carboxylic acid groups (broad SMARTS) is 1. The van der Waals surface area contributed by atoms with E-state index in [4.69, 9.17) is 19.1 Å². The molecule has 154 valence electrons. The fourth-order valence-corrected chi connectivity index (χ4v) is 3.59. The molecule has 2 aromatic heterocycles. The van der Waals surface area contributed by atoms with Crippen molar-refractivity contribution in [3.8, 4) is 34.3 Å². The topological polar surface area (TPSA) is 99.6 Å². The molecule has 30 heavy (non-hydrogen) atoms. The minimum atomic E-state index is -0.819. The molecule has 0 atom stereocenters. The summed E-state index contributed by atoms with van der Waals surface area (Å²) >= 11 is 0. The summed E-state index contributed by atoms with van der Waals surface area (Å²) < 4.78 is 18.1. The van der Waals surface area contributed by atoms with Crippen LogP contribution in [0, 0.1) is 0 Å². The Morgan fingerprint density at radius 3 is 2.70 bits per heavy atom. The summed E-state index contributed by atoms with van der Waals surface area (Å²) in [6, 6.07) is 11.2. The third-order valence-electron chi connectivity index (χ3n) is 4.99. The molecular weight excluding hydrogens is 386 g/mol. The molecule has 8 nitrogen and oxygen atoms in total. The van der Waals surface area contributed by atoms with Gasteiger partial charge in [-0.3, -0.25) is 4.79 Å². The lowest BCUT2D eigenvalue weighted by Crippen LogP contribution is -1.96. The fourth-order valence-electron chi connectivity index (χ4n) is 3.59. The summed E-state index contributed by atoms with van der Waals surface area (Å²) in [6.07, 6.45) is 2.49. The maximum absolute atomic E-state index is 11.0. The smallest absolute Gasteiger partial charge is 0.303 e. The van der Waals surface area contributed by atoms with Crippen LogP contribution >= 0.6 is 0 Å². The SMILES string of the molecule is COc1ccc(-c2nc(-c3cccc4c(CCC(=O)O)cn(C)c34)no2)cc1OC. The van der Waals surface area contributed by atoms with Crippen molar-refractivity contribution in [1.82, 2.24) is 14.7 Å². The third kappa shape index (κ3) is 3.47. The number of ether oxygens (including phenoxy) is 2. The Balaban J connectivity index is 1.74. The van der Waals surface area contributed by atoms with E-state index in [0.29, 0.717) is 35.2 Å². The fraction of sp³-hybridized carbons (Fsp3) is 0.227. The van der Waals surface area contributed by atoms with Gasteiger partial charge in [-0.1, -0.05) is 17.3 Å². The number of para-hydroxylation sites is 1. The number of hydrogen-bond acceptors (Lipinski definition) is 6. The molecule has 0 fully saturated rings. The number of hydrogen-bond donors (Lipinski definition) is 1. The van der Waals surface area contributed by atoms with Crippen molar-refractivity contribution in [3.63, 3.8) is 0 Å².